The molecular formula is C22H23F4NO6. The second kappa shape index (κ2) is 11.5. The Balaban J connectivity index is 2.89. The van der Waals surface area contributed by atoms with E-state index >= 15 is 0 Å². The van der Waals surface area contributed by atoms with Gasteiger partial charge in [-0.05, 0) is 24.1 Å². The smallest absolute Gasteiger partial charge is 0.336 e. The molecule has 1 atom stereocenters. The average molecular weight is 473 g/mol. The van der Waals surface area contributed by atoms with Crippen LogP contribution in [0.25, 0.3) is 0 Å². The normalized spacial score (nSPS) is 15.9. The molecule has 0 amide bonds. The fourth-order valence-corrected chi connectivity index (χ4v) is 3.53. The number of hydrogen-bond acceptors (Lipinski definition) is 7. The predicted molar refractivity (Wildman–Crippen MR) is 107 cm³/mol. The maximum atomic E-state index is 14.6. The van der Waals surface area contributed by atoms with Gasteiger partial charge in [-0.15, -0.1) is 0 Å². The molecule has 0 spiro atoms. The lowest BCUT2D eigenvalue weighted by atomic mass is 9.78. The van der Waals surface area contributed by atoms with Crippen molar-refractivity contribution in [3.63, 3.8) is 0 Å². The van der Waals surface area contributed by atoms with Gasteiger partial charge in [0.15, 0.2) is 0 Å². The molecule has 1 aromatic carbocycles. The Hall–Kier alpha value is -3.37. The van der Waals surface area contributed by atoms with Gasteiger partial charge in [0.25, 0.3) is 0 Å². The fraction of sp³-hybridized carbons (Fsp3) is 0.409. The monoisotopic (exact) mass is 473 g/mol. The third-order valence-corrected chi connectivity index (χ3v) is 4.81. The Labute approximate surface area is 187 Å². The average Bonchev–Trinajstić information content (AvgIpc) is 2.77. The highest BCUT2D eigenvalue weighted by atomic mass is 19.3. The number of carbonyl (C=O) groups is 3. The second-order valence-corrected chi connectivity index (χ2v) is 6.87. The SMILES string of the molecule is CCOC(=O)C1=C(COC(C)=O)NC(CF)=C(C(=O)OC)C1c1cccc(F)c1CC(F)F. The minimum Gasteiger partial charge on any atom is -0.466 e. The number of ether oxygens (including phenoxy) is 3. The van der Waals surface area contributed by atoms with E-state index < -0.39 is 66.9 Å². The summed E-state index contributed by atoms with van der Waals surface area (Å²) >= 11 is 0. The number of allylic oxidation sites excluding steroid dienone is 1. The number of benzene rings is 1. The van der Waals surface area contributed by atoms with E-state index in [1.807, 2.05) is 0 Å². The number of dihydropyridines is 1. The van der Waals surface area contributed by atoms with Crippen molar-refractivity contribution in [2.45, 2.75) is 32.6 Å². The highest BCUT2D eigenvalue weighted by molar-refractivity contribution is 6.00. The summed E-state index contributed by atoms with van der Waals surface area (Å²) in [7, 11) is 1.01. The number of methoxy groups -OCH3 is 1. The number of carbonyl (C=O) groups excluding carboxylic acids is 3. The summed E-state index contributed by atoms with van der Waals surface area (Å²) in [6.45, 7) is 0.710. The molecule has 2 rings (SSSR count). The van der Waals surface area contributed by atoms with E-state index in [0.29, 0.717) is 0 Å². The fourth-order valence-electron chi connectivity index (χ4n) is 3.53. The van der Waals surface area contributed by atoms with Crippen LogP contribution in [0.3, 0.4) is 0 Å². The molecule has 1 N–H and O–H groups in total. The summed E-state index contributed by atoms with van der Waals surface area (Å²) in [5, 5.41) is 2.55. The predicted octanol–water partition coefficient (Wildman–Crippen LogP) is 3.10. The van der Waals surface area contributed by atoms with E-state index in [0.717, 1.165) is 20.1 Å². The van der Waals surface area contributed by atoms with Gasteiger partial charge in [-0.2, -0.15) is 0 Å². The van der Waals surface area contributed by atoms with Crippen LogP contribution < -0.4 is 5.32 Å². The number of hydrogen-bond donors (Lipinski definition) is 1. The van der Waals surface area contributed by atoms with Gasteiger partial charge < -0.3 is 19.5 Å². The van der Waals surface area contributed by atoms with E-state index in [9.17, 15) is 31.9 Å². The lowest BCUT2D eigenvalue weighted by Crippen LogP contribution is -2.36. The van der Waals surface area contributed by atoms with Gasteiger partial charge in [0.05, 0.1) is 42.2 Å². The molecule has 1 heterocycles. The standard InChI is InChI=1S/C22H23F4NO6/c1-4-32-22(30)20-16(10-33-11(2)28)27-15(9-23)19(21(29)31-3)18(20)12-6-5-7-14(24)13(12)8-17(25)26/h5-7,17-18,27H,4,8-10H2,1-3H3. The van der Waals surface area contributed by atoms with Crippen molar-refractivity contribution >= 4 is 17.9 Å². The van der Waals surface area contributed by atoms with Crippen molar-refractivity contribution in [2.75, 3.05) is 27.0 Å². The van der Waals surface area contributed by atoms with Gasteiger partial charge in [-0.25, -0.2) is 27.2 Å². The summed E-state index contributed by atoms with van der Waals surface area (Å²) in [5.74, 6) is -5.32. The van der Waals surface area contributed by atoms with Crippen LogP contribution in [0.4, 0.5) is 17.6 Å². The zero-order valence-electron chi connectivity index (χ0n) is 18.2. The molecule has 0 aliphatic carbocycles. The van der Waals surface area contributed by atoms with Gasteiger partial charge in [0, 0.05) is 13.3 Å². The Bertz CT molecular complexity index is 989. The first kappa shape index (κ1) is 25.9. The van der Waals surface area contributed by atoms with E-state index in [2.05, 4.69) is 5.32 Å². The van der Waals surface area contributed by atoms with Gasteiger partial charge in [0.2, 0.25) is 6.43 Å². The molecule has 33 heavy (non-hydrogen) atoms. The summed E-state index contributed by atoms with van der Waals surface area (Å²) in [4.78, 5) is 36.9. The Kier molecular flexibility index (Phi) is 9.01. The Morgan fingerprint density at radius 3 is 2.30 bits per heavy atom. The number of rotatable bonds is 9. The molecule has 1 aliphatic heterocycles. The summed E-state index contributed by atoms with van der Waals surface area (Å²) < 4.78 is 69.9. The van der Waals surface area contributed by atoms with Crippen LogP contribution in [0.1, 0.15) is 30.9 Å². The molecule has 1 aromatic rings. The van der Waals surface area contributed by atoms with E-state index in [1.165, 1.54) is 19.1 Å². The highest BCUT2D eigenvalue weighted by Gasteiger charge is 2.41. The van der Waals surface area contributed by atoms with Crippen LogP contribution in [-0.4, -0.2) is 51.3 Å². The summed E-state index contributed by atoms with van der Waals surface area (Å²) in [6.07, 6.45) is -3.98. The second-order valence-electron chi connectivity index (χ2n) is 6.87. The molecular weight excluding hydrogens is 450 g/mol. The lowest BCUT2D eigenvalue weighted by Gasteiger charge is -2.32. The number of halogens is 4. The van der Waals surface area contributed by atoms with Crippen LogP contribution in [0.5, 0.6) is 0 Å². The summed E-state index contributed by atoms with van der Waals surface area (Å²) in [5.41, 5.74) is -1.87. The highest BCUT2D eigenvalue weighted by Crippen LogP contribution is 2.41. The molecule has 0 saturated heterocycles. The van der Waals surface area contributed by atoms with Crippen molar-refractivity contribution in [1.82, 2.24) is 5.32 Å². The van der Waals surface area contributed by atoms with Gasteiger partial charge in [-0.1, -0.05) is 12.1 Å². The molecule has 0 fully saturated rings. The number of esters is 3. The minimum absolute atomic E-state index is 0.101. The quantitative estimate of drug-likeness (QED) is 0.335. The topological polar surface area (TPSA) is 90.9 Å². The van der Waals surface area contributed by atoms with Crippen LogP contribution in [0, 0.1) is 5.82 Å². The zero-order valence-corrected chi connectivity index (χ0v) is 18.2. The molecule has 1 unspecified atom stereocenters. The van der Waals surface area contributed by atoms with E-state index in [-0.39, 0.29) is 29.1 Å². The Morgan fingerprint density at radius 2 is 1.76 bits per heavy atom. The van der Waals surface area contributed by atoms with Crippen molar-refractivity contribution in [1.29, 1.82) is 0 Å². The molecule has 1 aliphatic rings. The number of nitrogens with one attached hydrogen (secondary N) is 1. The molecule has 11 heteroatoms. The van der Waals surface area contributed by atoms with Crippen molar-refractivity contribution < 1.29 is 46.2 Å². The molecule has 7 nitrogen and oxygen atoms in total. The Morgan fingerprint density at radius 1 is 1.09 bits per heavy atom. The minimum atomic E-state index is -2.95. The molecule has 180 valence electrons. The zero-order chi connectivity index (χ0) is 24.7. The van der Waals surface area contributed by atoms with E-state index in [1.54, 1.807) is 0 Å². The first-order valence-corrected chi connectivity index (χ1v) is 9.89. The maximum Gasteiger partial charge on any atom is 0.336 e. The lowest BCUT2D eigenvalue weighted by molar-refractivity contribution is -0.142. The van der Waals surface area contributed by atoms with Crippen molar-refractivity contribution in [3.05, 3.63) is 57.7 Å². The van der Waals surface area contributed by atoms with Gasteiger partial charge in [-0.3, -0.25) is 4.79 Å². The molecule has 0 aromatic heterocycles. The maximum absolute atomic E-state index is 14.6. The van der Waals surface area contributed by atoms with Gasteiger partial charge in [0.1, 0.15) is 19.1 Å². The molecule has 0 saturated carbocycles. The van der Waals surface area contributed by atoms with Crippen LogP contribution in [0.15, 0.2) is 40.7 Å². The first-order chi connectivity index (χ1) is 15.7. The van der Waals surface area contributed by atoms with Crippen molar-refractivity contribution in [3.8, 4) is 0 Å². The molecule has 0 radical (unpaired) electrons. The van der Waals surface area contributed by atoms with Crippen molar-refractivity contribution in [2.24, 2.45) is 0 Å². The van der Waals surface area contributed by atoms with Crippen LogP contribution >= 0.6 is 0 Å². The number of alkyl halides is 3. The largest absolute Gasteiger partial charge is 0.466 e. The third kappa shape index (κ3) is 5.91. The van der Waals surface area contributed by atoms with Crippen LogP contribution in [-0.2, 0) is 35.0 Å². The molecule has 0 bridgehead atoms. The third-order valence-electron chi connectivity index (χ3n) is 4.81. The summed E-state index contributed by atoms with van der Waals surface area (Å²) in [6, 6.07) is 3.41. The first-order valence-electron chi connectivity index (χ1n) is 9.89. The van der Waals surface area contributed by atoms with Gasteiger partial charge >= 0.3 is 17.9 Å². The van der Waals surface area contributed by atoms with Crippen LogP contribution in [0.2, 0.25) is 0 Å². The van der Waals surface area contributed by atoms with E-state index in [4.69, 9.17) is 14.2 Å².